The molecule has 166 valence electrons. The zero-order valence-electron chi connectivity index (χ0n) is 17.6. The molecule has 1 saturated heterocycles. The number of benzene rings is 2. The monoisotopic (exact) mass is 441 g/mol. The van der Waals surface area contributed by atoms with E-state index in [4.69, 9.17) is 19.0 Å². The Hall–Kier alpha value is -4.15. The average molecular weight is 441 g/mol. The molecule has 1 fully saturated rings. The highest BCUT2D eigenvalue weighted by atomic mass is 16.7. The van der Waals surface area contributed by atoms with E-state index in [0.717, 1.165) is 4.90 Å². The second-order valence-electron chi connectivity index (χ2n) is 7.13. The van der Waals surface area contributed by atoms with E-state index in [0.29, 0.717) is 22.6 Å². The zero-order chi connectivity index (χ0) is 23.2. The SMILES string of the molecule is COc1ccc(C2=NO[C@@H]3C(=O)N(c4cc(OC)c([N+](=O)[O-])cc4C)C(=O)[C@@H]23)cc1OC. The number of amides is 2. The van der Waals surface area contributed by atoms with E-state index in [1.165, 1.54) is 33.5 Å². The topological polar surface area (TPSA) is 130 Å². The van der Waals surface area contributed by atoms with Crippen LogP contribution in [0.25, 0.3) is 0 Å². The van der Waals surface area contributed by atoms with Crippen LogP contribution in [0.4, 0.5) is 11.4 Å². The number of carbonyl (C=O) groups excluding carboxylic acids is 2. The predicted molar refractivity (Wildman–Crippen MR) is 111 cm³/mol. The summed E-state index contributed by atoms with van der Waals surface area (Å²) in [5.74, 6) is -1.27. The van der Waals surface area contributed by atoms with E-state index < -0.39 is 28.8 Å². The molecule has 2 heterocycles. The van der Waals surface area contributed by atoms with Crippen molar-refractivity contribution in [1.82, 2.24) is 0 Å². The fourth-order valence-electron chi connectivity index (χ4n) is 3.86. The third-order valence-corrected chi connectivity index (χ3v) is 5.43. The van der Waals surface area contributed by atoms with Crippen LogP contribution in [0.15, 0.2) is 35.5 Å². The Kier molecular flexibility index (Phi) is 5.17. The average Bonchev–Trinajstić information content (AvgIpc) is 3.33. The van der Waals surface area contributed by atoms with Crippen molar-refractivity contribution in [3.05, 3.63) is 51.6 Å². The number of anilines is 1. The standard InChI is InChI=1S/C21H19N3O8/c1-10-7-13(24(27)28)15(30-3)9-12(10)23-20(25)17-18(22-32-19(17)21(23)26)11-5-6-14(29-2)16(8-11)31-4/h5-9,17,19H,1-4H3/t17-,19-/m0/s1. The van der Waals surface area contributed by atoms with Gasteiger partial charge in [-0.1, -0.05) is 5.16 Å². The van der Waals surface area contributed by atoms with Crippen LogP contribution in [-0.2, 0) is 14.4 Å². The molecule has 0 bridgehead atoms. The Morgan fingerprint density at radius 1 is 1.00 bits per heavy atom. The second-order valence-corrected chi connectivity index (χ2v) is 7.13. The molecule has 2 atom stereocenters. The summed E-state index contributed by atoms with van der Waals surface area (Å²) in [6, 6.07) is 7.55. The summed E-state index contributed by atoms with van der Waals surface area (Å²) in [7, 11) is 4.25. The zero-order valence-corrected chi connectivity index (χ0v) is 17.6. The van der Waals surface area contributed by atoms with Crippen LogP contribution in [0.2, 0.25) is 0 Å². The number of imide groups is 1. The molecule has 0 aliphatic carbocycles. The van der Waals surface area contributed by atoms with Gasteiger partial charge in [-0.3, -0.25) is 19.7 Å². The fourth-order valence-corrected chi connectivity index (χ4v) is 3.86. The lowest BCUT2D eigenvalue weighted by atomic mass is 9.94. The first-order valence-electron chi connectivity index (χ1n) is 9.49. The van der Waals surface area contributed by atoms with E-state index in [-0.39, 0.29) is 22.8 Å². The second kappa shape index (κ2) is 7.84. The minimum Gasteiger partial charge on any atom is -0.493 e. The maximum absolute atomic E-state index is 13.3. The summed E-state index contributed by atoms with van der Waals surface area (Å²) in [5.41, 5.74) is 1.10. The van der Waals surface area contributed by atoms with Gasteiger partial charge in [0.05, 0.1) is 31.9 Å². The van der Waals surface area contributed by atoms with Crippen LogP contribution >= 0.6 is 0 Å². The van der Waals surface area contributed by atoms with E-state index in [2.05, 4.69) is 5.16 Å². The third kappa shape index (κ3) is 3.09. The van der Waals surface area contributed by atoms with Crippen molar-refractivity contribution in [2.75, 3.05) is 26.2 Å². The number of hydrogen-bond acceptors (Lipinski definition) is 9. The van der Waals surface area contributed by atoms with Crippen LogP contribution in [-0.4, -0.2) is 49.9 Å². The molecule has 11 nitrogen and oxygen atoms in total. The summed E-state index contributed by atoms with van der Waals surface area (Å²) in [4.78, 5) is 43.4. The highest BCUT2D eigenvalue weighted by Crippen LogP contribution is 2.41. The third-order valence-electron chi connectivity index (χ3n) is 5.43. The minimum atomic E-state index is -1.13. The molecule has 2 aliphatic heterocycles. The molecule has 32 heavy (non-hydrogen) atoms. The lowest BCUT2D eigenvalue weighted by Gasteiger charge is -2.19. The van der Waals surface area contributed by atoms with Crippen molar-refractivity contribution in [2.24, 2.45) is 11.1 Å². The van der Waals surface area contributed by atoms with Crippen molar-refractivity contribution in [2.45, 2.75) is 13.0 Å². The Morgan fingerprint density at radius 2 is 1.69 bits per heavy atom. The molecule has 0 radical (unpaired) electrons. The van der Waals surface area contributed by atoms with Crippen molar-refractivity contribution in [3.63, 3.8) is 0 Å². The quantitative estimate of drug-likeness (QED) is 0.379. The molecule has 2 aromatic rings. The number of fused-ring (bicyclic) bond motifs is 1. The van der Waals surface area contributed by atoms with Gasteiger partial charge in [-0.2, -0.15) is 0 Å². The number of aryl methyl sites for hydroxylation is 1. The lowest BCUT2D eigenvalue weighted by molar-refractivity contribution is -0.385. The number of rotatable bonds is 6. The normalized spacial score (nSPS) is 19.4. The van der Waals surface area contributed by atoms with Crippen molar-refractivity contribution < 1.29 is 33.6 Å². The van der Waals surface area contributed by atoms with Gasteiger partial charge >= 0.3 is 5.69 Å². The van der Waals surface area contributed by atoms with Gasteiger partial charge in [-0.25, -0.2) is 4.90 Å². The van der Waals surface area contributed by atoms with E-state index in [1.54, 1.807) is 25.1 Å². The minimum absolute atomic E-state index is 0.0667. The molecule has 11 heteroatoms. The molecule has 4 rings (SSSR count). The fraction of sp³-hybridized carbons (Fsp3) is 0.286. The Labute approximate surface area is 182 Å². The summed E-state index contributed by atoms with van der Waals surface area (Å²) in [5, 5.41) is 15.3. The number of nitro groups is 1. The Bertz CT molecular complexity index is 1180. The smallest absolute Gasteiger partial charge is 0.311 e. The number of oxime groups is 1. The first-order chi connectivity index (χ1) is 15.3. The first-order valence-corrected chi connectivity index (χ1v) is 9.49. The number of nitro benzene ring substituents is 1. The maximum atomic E-state index is 13.3. The van der Waals surface area contributed by atoms with Crippen LogP contribution in [0.1, 0.15) is 11.1 Å². The van der Waals surface area contributed by atoms with Crippen molar-refractivity contribution in [1.29, 1.82) is 0 Å². The van der Waals surface area contributed by atoms with Gasteiger partial charge in [0, 0.05) is 17.7 Å². The molecule has 0 N–H and O–H groups in total. The van der Waals surface area contributed by atoms with Crippen molar-refractivity contribution in [3.8, 4) is 17.2 Å². The van der Waals surface area contributed by atoms with E-state index in [1.807, 2.05) is 0 Å². The highest BCUT2D eigenvalue weighted by Gasteiger charge is 2.56. The molecular formula is C21H19N3O8. The molecule has 0 spiro atoms. The number of nitrogens with zero attached hydrogens (tertiary/aromatic N) is 3. The van der Waals surface area contributed by atoms with Gasteiger partial charge in [-0.05, 0) is 30.7 Å². The lowest BCUT2D eigenvalue weighted by Crippen LogP contribution is -2.33. The summed E-state index contributed by atoms with van der Waals surface area (Å²) in [6.45, 7) is 1.57. The Morgan fingerprint density at radius 3 is 2.31 bits per heavy atom. The first kappa shape index (κ1) is 21.1. The molecule has 0 saturated carbocycles. The van der Waals surface area contributed by atoms with E-state index in [9.17, 15) is 19.7 Å². The van der Waals surface area contributed by atoms with Gasteiger partial charge in [0.15, 0.2) is 17.2 Å². The van der Waals surface area contributed by atoms with Crippen LogP contribution in [0.3, 0.4) is 0 Å². The van der Waals surface area contributed by atoms with Gasteiger partial charge in [0.2, 0.25) is 12.0 Å². The Balaban J connectivity index is 1.73. The molecule has 2 aliphatic rings. The van der Waals surface area contributed by atoms with Gasteiger partial charge < -0.3 is 19.0 Å². The molecule has 0 aromatic heterocycles. The summed E-state index contributed by atoms with van der Waals surface area (Å²) in [6.07, 6.45) is -1.13. The number of methoxy groups -OCH3 is 3. The van der Waals surface area contributed by atoms with Gasteiger partial charge in [0.1, 0.15) is 11.6 Å². The van der Waals surface area contributed by atoms with E-state index >= 15 is 0 Å². The van der Waals surface area contributed by atoms with Crippen LogP contribution < -0.4 is 19.1 Å². The molecule has 0 unspecified atom stereocenters. The van der Waals surface area contributed by atoms with Gasteiger partial charge in [-0.15, -0.1) is 0 Å². The van der Waals surface area contributed by atoms with Crippen LogP contribution in [0.5, 0.6) is 17.2 Å². The maximum Gasteiger partial charge on any atom is 0.311 e. The van der Waals surface area contributed by atoms with Crippen molar-refractivity contribution >= 4 is 28.9 Å². The predicted octanol–water partition coefficient (Wildman–Crippen LogP) is 2.22. The molecule has 2 aromatic carbocycles. The van der Waals surface area contributed by atoms with Gasteiger partial charge in [0.25, 0.3) is 5.91 Å². The summed E-state index contributed by atoms with van der Waals surface area (Å²) >= 11 is 0. The largest absolute Gasteiger partial charge is 0.493 e. The summed E-state index contributed by atoms with van der Waals surface area (Å²) < 4.78 is 15.6. The molecule has 2 amide bonds. The molecular weight excluding hydrogens is 422 g/mol. The number of hydrogen-bond donors (Lipinski definition) is 0. The number of ether oxygens (including phenoxy) is 3. The number of carbonyl (C=O) groups is 2. The van der Waals surface area contributed by atoms with Crippen LogP contribution in [0, 0.1) is 23.0 Å². The highest BCUT2D eigenvalue weighted by molar-refractivity contribution is 6.32.